The van der Waals surface area contributed by atoms with Gasteiger partial charge in [0, 0.05) is 24.5 Å². The molecule has 0 saturated heterocycles. The molecule has 0 fully saturated rings. The van der Waals surface area contributed by atoms with E-state index in [1.807, 2.05) is 37.4 Å². The fourth-order valence-corrected chi connectivity index (χ4v) is 3.78. The van der Waals surface area contributed by atoms with E-state index in [1.165, 1.54) is 11.3 Å². The quantitative estimate of drug-likeness (QED) is 0.539. The summed E-state index contributed by atoms with van der Waals surface area (Å²) in [6.45, 7) is 4.76. The molecule has 3 rings (SSSR count). The molecule has 1 N–H and O–H groups in total. The van der Waals surface area contributed by atoms with E-state index in [9.17, 15) is 4.79 Å². The normalized spacial score (nSPS) is 10.8. The summed E-state index contributed by atoms with van der Waals surface area (Å²) < 4.78 is 2.92. The number of hydrogen-bond donors (Lipinski definition) is 1. The van der Waals surface area contributed by atoms with Gasteiger partial charge in [0.05, 0.1) is 0 Å². The molecule has 124 valence electrons. The zero-order valence-corrected chi connectivity index (χ0v) is 15.0. The fraction of sp³-hybridized carbons (Fsp3) is 0.250. The first-order valence-corrected chi connectivity index (χ1v) is 9.30. The van der Waals surface area contributed by atoms with Crippen LogP contribution in [0, 0.1) is 6.92 Å². The van der Waals surface area contributed by atoms with Crippen LogP contribution >= 0.6 is 23.1 Å². The highest BCUT2D eigenvalue weighted by Gasteiger charge is 2.10. The maximum Gasteiger partial charge on any atom is 0.257 e. The lowest BCUT2D eigenvalue weighted by Gasteiger charge is -2.06. The summed E-state index contributed by atoms with van der Waals surface area (Å²) in [6.07, 6.45) is 3.72. The van der Waals surface area contributed by atoms with Gasteiger partial charge in [0.25, 0.3) is 5.91 Å². The highest BCUT2D eigenvalue weighted by atomic mass is 32.2. The van der Waals surface area contributed by atoms with E-state index in [-0.39, 0.29) is 5.91 Å². The van der Waals surface area contributed by atoms with Crippen molar-refractivity contribution >= 4 is 34.1 Å². The largest absolute Gasteiger partial charge is 0.331 e. The lowest BCUT2D eigenvalue weighted by Crippen LogP contribution is -2.11. The van der Waals surface area contributed by atoms with Gasteiger partial charge in [0.15, 0.2) is 4.34 Å². The number of thioether (sulfide) groups is 1. The molecule has 2 heterocycles. The number of aryl methyl sites for hydroxylation is 1. The summed E-state index contributed by atoms with van der Waals surface area (Å²) in [5.74, 6) is 1.72. The van der Waals surface area contributed by atoms with E-state index in [2.05, 4.69) is 32.0 Å². The summed E-state index contributed by atoms with van der Waals surface area (Å²) in [5.41, 5.74) is 1.71. The van der Waals surface area contributed by atoms with Gasteiger partial charge in [0.2, 0.25) is 5.13 Å². The molecule has 0 atom stereocenters. The smallest absolute Gasteiger partial charge is 0.257 e. The van der Waals surface area contributed by atoms with Gasteiger partial charge in [-0.1, -0.05) is 42.2 Å². The molecule has 0 bridgehead atoms. The van der Waals surface area contributed by atoms with E-state index >= 15 is 0 Å². The van der Waals surface area contributed by atoms with Gasteiger partial charge < -0.3 is 4.57 Å². The highest BCUT2D eigenvalue weighted by molar-refractivity contribution is 8.01. The predicted molar refractivity (Wildman–Crippen MR) is 96.8 cm³/mol. The summed E-state index contributed by atoms with van der Waals surface area (Å²) in [5, 5.41) is 11.3. The average Bonchev–Trinajstić information content (AvgIpc) is 3.18. The Hall–Kier alpha value is -2.19. The first-order valence-electron chi connectivity index (χ1n) is 7.50. The lowest BCUT2D eigenvalue weighted by atomic mass is 10.1. The van der Waals surface area contributed by atoms with Crippen LogP contribution < -0.4 is 5.32 Å². The molecule has 0 aliphatic rings. The van der Waals surface area contributed by atoms with E-state index in [1.54, 1.807) is 18.0 Å². The third kappa shape index (κ3) is 4.01. The monoisotopic (exact) mass is 359 g/mol. The number of carbonyl (C=O) groups excluding carboxylic acids is 1. The van der Waals surface area contributed by atoms with Crippen molar-refractivity contribution in [3.8, 4) is 0 Å². The molecule has 8 heteroatoms. The van der Waals surface area contributed by atoms with Crippen LogP contribution in [0.15, 0.2) is 41.0 Å². The molecule has 0 spiro atoms. The van der Waals surface area contributed by atoms with Crippen molar-refractivity contribution in [3.05, 3.63) is 53.6 Å². The fourth-order valence-electron chi connectivity index (χ4n) is 2.14. The van der Waals surface area contributed by atoms with Crippen LogP contribution in [-0.2, 0) is 6.54 Å². The summed E-state index contributed by atoms with van der Waals surface area (Å²) >= 11 is 3.00. The molecule has 2 aromatic heterocycles. The van der Waals surface area contributed by atoms with Crippen molar-refractivity contribution in [2.45, 2.75) is 24.7 Å². The minimum atomic E-state index is -0.176. The Morgan fingerprint density at radius 3 is 2.75 bits per heavy atom. The van der Waals surface area contributed by atoms with Gasteiger partial charge in [0.1, 0.15) is 5.82 Å². The molecule has 0 radical (unpaired) electrons. The molecule has 1 aromatic carbocycles. The van der Waals surface area contributed by atoms with Gasteiger partial charge in [-0.3, -0.25) is 10.1 Å². The Balaban J connectivity index is 1.64. The first-order chi connectivity index (χ1) is 11.7. The van der Waals surface area contributed by atoms with Crippen LogP contribution in [0.1, 0.15) is 28.7 Å². The van der Waals surface area contributed by atoms with Gasteiger partial charge in [-0.05, 0) is 30.4 Å². The molecule has 6 nitrogen and oxygen atoms in total. The van der Waals surface area contributed by atoms with Crippen LogP contribution in [0.2, 0.25) is 0 Å². The van der Waals surface area contributed by atoms with Crippen molar-refractivity contribution in [2.24, 2.45) is 0 Å². The molecule has 0 unspecified atom stereocenters. The van der Waals surface area contributed by atoms with E-state index < -0.39 is 0 Å². The molecule has 0 saturated carbocycles. The number of hydrogen-bond acceptors (Lipinski definition) is 6. The molecule has 3 aromatic rings. The number of anilines is 1. The summed E-state index contributed by atoms with van der Waals surface area (Å²) in [6, 6.07) is 7.54. The lowest BCUT2D eigenvalue weighted by molar-refractivity contribution is 0.102. The Bertz CT molecular complexity index is 825. The second-order valence-corrected chi connectivity index (χ2v) is 7.55. The Kier molecular flexibility index (Phi) is 5.27. The molecular formula is C16H17N5OS2. The average molecular weight is 359 g/mol. The number of aromatic nitrogens is 4. The molecule has 0 aliphatic heterocycles. The number of nitrogens with zero attached hydrogens (tertiary/aromatic N) is 4. The van der Waals surface area contributed by atoms with Crippen molar-refractivity contribution < 1.29 is 4.79 Å². The van der Waals surface area contributed by atoms with Gasteiger partial charge >= 0.3 is 0 Å². The second kappa shape index (κ2) is 7.59. The van der Waals surface area contributed by atoms with Crippen molar-refractivity contribution in [3.63, 3.8) is 0 Å². The maximum atomic E-state index is 12.3. The molecule has 1 amide bonds. The zero-order chi connectivity index (χ0) is 16.9. The van der Waals surface area contributed by atoms with E-state index in [0.29, 0.717) is 10.7 Å². The maximum absolute atomic E-state index is 12.3. The Morgan fingerprint density at radius 2 is 2.08 bits per heavy atom. The minimum absolute atomic E-state index is 0.176. The van der Waals surface area contributed by atoms with Crippen molar-refractivity contribution in [1.82, 2.24) is 19.7 Å². The van der Waals surface area contributed by atoms with Crippen LogP contribution in [0.4, 0.5) is 5.13 Å². The number of carbonyl (C=O) groups is 1. The minimum Gasteiger partial charge on any atom is -0.331 e. The van der Waals surface area contributed by atoms with E-state index in [0.717, 1.165) is 28.0 Å². The number of amides is 1. The zero-order valence-electron chi connectivity index (χ0n) is 13.4. The van der Waals surface area contributed by atoms with Gasteiger partial charge in [-0.25, -0.2) is 4.98 Å². The van der Waals surface area contributed by atoms with E-state index in [4.69, 9.17) is 0 Å². The predicted octanol–water partition coefficient (Wildman–Crippen LogP) is 3.46. The summed E-state index contributed by atoms with van der Waals surface area (Å²) in [7, 11) is 0. The van der Waals surface area contributed by atoms with Gasteiger partial charge in [-0.15, -0.1) is 10.2 Å². The standard InChI is InChI=1S/C16H17N5OS2/c1-3-23-16-20-19-15(24-16)18-14(22)13-6-4-12(5-7-13)10-21-9-8-17-11(21)2/h4-9H,3,10H2,1-2H3,(H,18,19,22). The number of imidazole rings is 1. The van der Waals surface area contributed by atoms with Crippen LogP contribution in [0.5, 0.6) is 0 Å². The molecular weight excluding hydrogens is 342 g/mol. The van der Waals surface area contributed by atoms with Crippen LogP contribution in [-0.4, -0.2) is 31.4 Å². The van der Waals surface area contributed by atoms with Crippen LogP contribution in [0.25, 0.3) is 0 Å². The summed E-state index contributed by atoms with van der Waals surface area (Å²) in [4.78, 5) is 16.5. The first kappa shape index (κ1) is 16.7. The highest BCUT2D eigenvalue weighted by Crippen LogP contribution is 2.25. The van der Waals surface area contributed by atoms with Crippen LogP contribution in [0.3, 0.4) is 0 Å². The number of rotatable bonds is 6. The number of benzene rings is 1. The topological polar surface area (TPSA) is 72.7 Å². The van der Waals surface area contributed by atoms with Crippen molar-refractivity contribution in [2.75, 3.05) is 11.1 Å². The second-order valence-electron chi connectivity index (χ2n) is 5.06. The number of nitrogens with one attached hydrogen (secondary N) is 1. The van der Waals surface area contributed by atoms with Gasteiger partial charge in [-0.2, -0.15) is 0 Å². The third-order valence-corrected chi connectivity index (χ3v) is 5.24. The Morgan fingerprint density at radius 1 is 1.29 bits per heavy atom. The SMILES string of the molecule is CCSc1nnc(NC(=O)c2ccc(Cn3ccnc3C)cc2)s1. The van der Waals surface area contributed by atoms with Crippen molar-refractivity contribution in [1.29, 1.82) is 0 Å². The molecule has 0 aliphatic carbocycles. The molecule has 24 heavy (non-hydrogen) atoms. The Labute approximate surface area is 148 Å². The third-order valence-electron chi connectivity index (χ3n) is 3.39.